The number of carbonyl (C=O) groups excluding carboxylic acids is 1. The SMILES string of the molecule is CC[C@H]1CN2CCc3c(OC)ccc(OC)c3[C@H]2C[C@@H]1CC(=O)OC. The van der Waals surface area contributed by atoms with Crippen LogP contribution in [0.1, 0.15) is 43.4 Å². The van der Waals surface area contributed by atoms with E-state index < -0.39 is 0 Å². The second-order valence-corrected chi connectivity index (χ2v) is 7.07. The fourth-order valence-electron chi connectivity index (χ4n) is 4.63. The molecular weight excluding hydrogens is 318 g/mol. The van der Waals surface area contributed by atoms with E-state index in [0.717, 1.165) is 43.9 Å². The molecule has 2 aliphatic heterocycles. The van der Waals surface area contributed by atoms with Crippen LogP contribution in [-0.4, -0.2) is 45.3 Å². The molecule has 0 N–H and O–H groups in total. The summed E-state index contributed by atoms with van der Waals surface area (Å²) in [6.45, 7) is 4.28. The van der Waals surface area contributed by atoms with Gasteiger partial charge in [0.25, 0.3) is 0 Å². The van der Waals surface area contributed by atoms with Crippen LogP contribution in [0.15, 0.2) is 12.1 Å². The number of methoxy groups -OCH3 is 3. The molecular formula is C20H29NO4. The average molecular weight is 347 g/mol. The summed E-state index contributed by atoms with van der Waals surface area (Å²) < 4.78 is 16.2. The summed E-state index contributed by atoms with van der Waals surface area (Å²) in [5.74, 6) is 2.65. The fraction of sp³-hybridized carbons (Fsp3) is 0.650. The van der Waals surface area contributed by atoms with Gasteiger partial charge in [-0.05, 0) is 36.8 Å². The van der Waals surface area contributed by atoms with Crippen LogP contribution in [0.3, 0.4) is 0 Å². The van der Waals surface area contributed by atoms with Gasteiger partial charge in [0, 0.05) is 36.7 Å². The molecule has 0 amide bonds. The number of carbonyl (C=O) groups is 1. The summed E-state index contributed by atoms with van der Waals surface area (Å²) in [6.07, 6.45) is 3.53. The van der Waals surface area contributed by atoms with Gasteiger partial charge in [0.15, 0.2) is 0 Å². The Morgan fingerprint density at radius 3 is 2.52 bits per heavy atom. The lowest BCUT2D eigenvalue weighted by Crippen LogP contribution is -2.46. The van der Waals surface area contributed by atoms with Crippen molar-refractivity contribution in [1.29, 1.82) is 0 Å². The van der Waals surface area contributed by atoms with E-state index in [4.69, 9.17) is 14.2 Å². The van der Waals surface area contributed by atoms with Crippen molar-refractivity contribution in [1.82, 2.24) is 4.90 Å². The van der Waals surface area contributed by atoms with Gasteiger partial charge in [0.1, 0.15) is 11.5 Å². The predicted molar refractivity (Wildman–Crippen MR) is 96.1 cm³/mol. The van der Waals surface area contributed by atoms with Crippen LogP contribution in [0.2, 0.25) is 0 Å². The molecule has 1 fully saturated rings. The van der Waals surface area contributed by atoms with Gasteiger partial charge in [-0.25, -0.2) is 0 Å². The summed E-state index contributed by atoms with van der Waals surface area (Å²) >= 11 is 0. The van der Waals surface area contributed by atoms with Crippen LogP contribution >= 0.6 is 0 Å². The van der Waals surface area contributed by atoms with E-state index in [9.17, 15) is 4.79 Å². The third-order valence-electron chi connectivity index (χ3n) is 5.98. The Morgan fingerprint density at radius 1 is 1.16 bits per heavy atom. The Labute approximate surface area is 150 Å². The van der Waals surface area contributed by atoms with E-state index in [1.807, 2.05) is 12.1 Å². The van der Waals surface area contributed by atoms with Crippen molar-refractivity contribution in [3.8, 4) is 11.5 Å². The van der Waals surface area contributed by atoms with Gasteiger partial charge < -0.3 is 14.2 Å². The molecule has 0 unspecified atom stereocenters. The van der Waals surface area contributed by atoms with Crippen LogP contribution in [0.4, 0.5) is 0 Å². The molecule has 5 heteroatoms. The molecule has 0 saturated carbocycles. The Balaban J connectivity index is 1.96. The first kappa shape index (κ1) is 18.1. The maximum atomic E-state index is 11.9. The largest absolute Gasteiger partial charge is 0.496 e. The summed E-state index contributed by atoms with van der Waals surface area (Å²) in [7, 11) is 4.93. The molecule has 1 saturated heterocycles. The Morgan fingerprint density at radius 2 is 1.88 bits per heavy atom. The highest BCUT2D eigenvalue weighted by atomic mass is 16.5. The van der Waals surface area contributed by atoms with Crippen molar-refractivity contribution in [2.75, 3.05) is 34.4 Å². The molecule has 0 spiro atoms. The maximum absolute atomic E-state index is 11.9. The summed E-state index contributed by atoms with van der Waals surface area (Å²) in [4.78, 5) is 14.5. The summed E-state index contributed by atoms with van der Waals surface area (Å²) in [5, 5.41) is 0. The van der Waals surface area contributed by atoms with Crippen LogP contribution in [0.25, 0.3) is 0 Å². The molecule has 3 rings (SSSR count). The minimum absolute atomic E-state index is 0.106. The van der Waals surface area contributed by atoms with E-state index >= 15 is 0 Å². The van der Waals surface area contributed by atoms with E-state index in [1.54, 1.807) is 14.2 Å². The van der Waals surface area contributed by atoms with E-state index in [2.05, 4.69) is 11.8 Å². The minimum atomic E-state index is -0.106. The van der Waals surface area contributed by atoms with E-state index in [0.29, 0.717) is 18.3 Å². The van der Waals surface area contributed by atoms with E-state index in [1.165, 1.54) is 18.2 Å². The minimum Gasteiger partial charge on any atom is -0.496 e. The molecule has 0 aromatic heterocycles. The van der Waals surface area contributed by atoms with Gasteiger partial charge in [-0.3, -0.25) is 9.69 Å². The monoisotopic (exact) mass is 347 g/mol. The van der Waals surface area contributed by atoms with Crippen molar-refractivity contribution in [3.05, 3.63) is 23.3 Å². The number of esters is 1. The zero-order valence-electron chi connectivity index (χ0n) is 15.7. The topological polar surface area (TPSA) is 48.0 Å². The lowest BCUT2D eigenvalue weighted by molar-refractivity contribution is -0.143. The van der Waals surface area contributed by atoms with Crippen LogP contribution in [0, 0.1) is 11.8 Å². The zero-order valence-corrected chi connectivity index (χ0v) is 15.7. The Hall–Kier alpha value is -1.75. The standard InChI is InChI=1S/C20H29NO4/c1-5-13-12-21-9-8-15-17(23-2)6-7-18(24-3)20(15)16(21)10-14(13)11-19(22)25-4/h6-7,13-14,16H,5,8-12H2,1-4H3/t13-,14+,16+/m0/s1. The van der Waals surface area contributed by atoms with Gasteiger partial charge >= 0.3 is 5.97 Å². The predicted octanol–water partition coefficient (Wildman–Crippen LogP) is 3.21. The van der Waals surface area contributed by atoms with Gasteiger partial charge in [0.05, 0.1) is 21.3 Å². The second kappa shape index (κ2) is 7.65. The van der Waals surface area contributed by atoms with Crippen molar-refractivity contribution >= 4 is 5.97 Å². The maximum Gasteiger partial charge on any atom is 0.305 e. The first-order valence-corrected chi connectivity index (χ1v) is 9.17. The first-order valence-electron chi connectivity index (χ1n) is 9.17. The number of ether oxygens (including phenoxy) is 3. The molecule has 0 bridgehead atoms. The summed E-state index contributed by atoms with van der Waals surface area (Å²) in [6, 6.07) is 4.28. The normalized spacial score (nSPS) is 25.7. The van der Waals surface area contributed by atoms with Gasteiger partial charge in [-0.15, -0.1) is 0 Å². The molecule has 2 aliphatic rings. The smallest absolute Gasteiger partial charge is 0.305 e. The number of piperidine rings is 1. The molecule has 138 valence electrons. The van der Waals surface area contributed by atoms with Crippen LogP contribution in [0.5, 0.6) is 11.5 Å². The molecule has 0 aliphatic carbocycles. The molecule has 3 atom stereocenters. The quantitative estimate of drug-likeness (QED) is 0.766. The third kappa shape index (κ3) is 3.34. The van der Waals surface area contributed by atoms with Gasteiger partial charge in [-0.2, -0.15) is 0 Å². The molecule has 1 aromatic carbocycles. The lowest BCUT2D eigenvalue weighted by Gasteiger charge is -2.47. The molecule has 5 nitrogen and oxygen atoms in total. The molecule has 2 heterocycles. The number of hydrogen-bond acceptors (Lipinski definition) is 5. The lowest BCUT2D eigenvalue weighted by atomic mass is 9.74. The van der Waals surface area contributed by atoms with Crippen molar-refractivity contribution in [3.63, 3.8) is 0 Å². The Kier molecular flexibility index (Phi) is 5.52. The van der Waals surface area contributed by atoms with Crippen molar-refractivity contribution < 1.29 is 19.0 Å². The van der Waals surface area contributed by atoms with Crippen LogP contribution in [-0.2, 0) is 16.0 Å². The molecule has 0 radical (unpaired) electrons. The first-order chi connectivity index (χ1) is 12.1. The van der Waals surface area contributed by atoms with Gasteiger partial charge in [0.2, 0.25) is 0 Å². The Bertz CT molecular complexity index is 630. The number of fused-ring (bicyclic) bond motifs is 3. The van der Waals surface area contributed by atoms with Crippen molar-refractivity contribution in [2.24, 2.45) is 11.8 Å². The number of rotatable bonds is 5. The second-order valence-electron chi connectivity index (χ2n) is 7.07. The van der Waals surface area contributed by atoms with Crippen molar-refractivity contribution in [2.45, 2.75) is 38.6 Å². The van der Waals surface area contributed by atoms with Gasteiger partial charge in [-0.1, -0.05) is 13.3 Å². The fourth-order valence-corrected chi connectivity index (χ4v) is 4.63. The highest BCUT2D eigenvalue weighted by molar-refractivity contribution is 5.69. The highest BCUT2D eigenvalue weighted by Crippen LogP contribution is 2.48. The highest BCUT2D eigenvalue weighted by Gasteiger charge is 2.41. The number of benzene rings is 1. The average Bonchev–Trinajstić information content (AvgIpc) is 2.65. The summed E-state index contributed by atoms with van der Waals surface area (Å²) in [5.41, 5.74) is 2.51. The van der Waals surface area contributed by atoms with E-state index in [-0.39, 0.29) is 12.0 Å². The molecule has 25 heavy (non-hydrogen) atoms. The number of nitrogens with zero attached hydrogens (tertiary/aromatic N) is 1. The zero-order chi connectivity index (χ0) is 18.0. The third-order valence-corrected chi connectivity index (χ3v) is 5.98. The number of hydrogen-bond donors (Lipinski definition) is 0. The molecule has 1 aromatic rings. The van der Waals surface area contributed by atoms with Crippen LogP contribution < -0.4 is 9.47 Å².